The van der Waals surface area contributed by atoms with E-state index in [0.717, 1.165) is 12.8 Å². The van der Waals surface area contributed by atoms with E-state index in [-0.39, 0.29) is 21.6 Å². The molecule has 0 aliphatic heterocycles. The molecule has 0 N–H and O–H groups in total. The van der Waals surface area contributed by atoms with E-state index < -0.39 is 0 Å². The Balaban J connectivity index is 3.85. The van der Waals surface area contributed by atoms with Gasteiger partial charge in [-0.15, -0.1) is 0 Å². The number of carbonyl (C=O) groups is 2. The van der Waals surface area contributed by atoms with Gasteiger partial charge in [-0.25, -0.2) is 0 Å². The van der Waals surface area contributed by atoms with E-state index in [2.05, 4.69) is 31.9 Å². The summed E-state index contributed by atoms with van der Waals surface area (Å²) in [5.74, 6) is -0.558. The van der Waals surface area contributed by atoms with E-state index in [1.807, 2.05) is 13.8 Å². The normalized spacial score (nSPS) is 13.8. The lowest BCUT2D eigenvalue weighted by Crippen LogP contribution is -2.22. The lowest BCUT2D eigenvalue weighted by molar-refractivity contribution is -0.145. The molecule has 18 heavy (non-hydrogen) atoms. The van der Waals surface area contributed by atoms with Gasteiger partial charge in [0.25, 0.3) is 0 Å². The van der Waals surface area contributed by atoms with Crippen LogP contribution in [-0.4, -0.2) is 34.8 Å². The van der Waals surface area contributed by atoms with Gasteiger partial charge < -0.3 is 9.47 Å². The number of esters is 2. The molecule has 0 aliphatic rings. The Morgan fingerprint density at radius 2 is 1.22 bits per heavy atom. The van der Waals surface area contributed by atoms with Gasteiger partial charge in [0, 0.05) is 0 Å². The maximum absolute atomic E-state index is 11.5. The molecule has 0 rings (SSSR count). The third kappa shape index (κ3) is 8.08. The molecule has 0 aromatic rings. The van der Waals surface area contributed by atoms with Gasteiger partial charge in [0.2, 0.25) is 0 Å². The van der Waals surface area contributed by atoms with E-state index in [0.29, 0.717) is 26.1 Å². The van der Waals surface area contributed by atoms with Crippen molar-refractivity contribution in [1.29, 1.82) is 0 Å². The lowest BCUT2D eigenvalue weighted by atomic mass is 10.2. The van der Waals surface area contributed by atoms with Crippen molar-refractivity contribution in [3.05, 3.63) is 0 Å². The highest BCUT2D eigenvalue weighted by Crippen LogP contribution is 2.17. The molecule has 0 saturated carbocycles. The Bertz CT molecular complexity index is 232. The molecule has 0 amide bonds. The number of hydrogen-bond acceptors (Lipinski definition) is 4. The summed E-state index contributed by atoms with van der Waals surface area (Å²) in [6.45, 7) is 4.73. The number of hydrogen-bond donors (Lipinski definition) is 0. The second kappa shape index (κ2) is 10.8. The second-order valence-corrected chi connectivity index (χ2v) is 6.06. The molecule has 0 spiro atoms. The third-order valence-corrected chi connectivity index (χ3v) is 3.75. The van der Waals surface area contributed by atoms with Crippen molar-refractivity contribution >= 4 is 43.8 Å². The van der Waals surface area contributed by atoms with Crippen molar-refractivity contribution in [2.24, 2.45) is 0 Å². The summed E-state index contributed by atoms with van der Waals surface area (Å²) >= 11 is 6.51. The van der Waals surface area contributed by atoms with Gasteiger partial charge in [-0.3, -0.25) is 9.59 Å². The first kappa shape index (κ1) is 17.9. The standard InChI is InChI=1S/C12H20Br2O4/c1-3-7-17-11(15)9(13)5-6-10(14)12(16)18-8-4-2/h9-10H,3-8H2,1-2H3. The molecule has 0 fully saturated rings. The van der Waals surface area contributed by atoms with Crippen LogP contribution >= 0.6 is 31.9 Å². The highest BCUT2D eigenvalue weighted by atomic mass is 79.9. The zero-order valence-electron chi connectivity index (χ0n) is 10.8. The smallest absolute Gasteiger partial charge is 0.319 e. The Hall–Kier alpha value is -0.100. The molecule has 0 radical (unpaired) electrons. The van der Waals surface area contributed by atoms with Crippen molar-refractivity contribution < 1.29 is 19.1 Å². The van der Waals surface area contributed by atoms with Crippen LogP contribution in [0.15, 0.2) is 0 Å². The van der Waals surface area contributed by atoms with Crippen LogP contribution in [0, 0.1) is 0 Å². The van der Waals surface area contributed by atoms with Gasteiger partial charge in [-0.1, -0.05) is 45.7 Å². The molecule has 2 unspecified atom stereocenters. The first-order valence-electron chi connectivity index (χ1n) is 6.14. The van der Waals surface area contributed by atoms with Gasteiger partial charge >= 0.3 is 11.9 Å². The molecule has 0 heterocycles. The fourth-order valence-electron chi connectivity index (χ4n) is 1.11. The quantitative estimate of drug-likeness (QED) is 0.450. The van der Waals surface area contributed by atoms with Crippen LogP contribution in [0.3, 0.4) is 0 Å². The minimum Gasteiger partial charge on any atom is -0.465 e. The van der Waals surface area contributed by atoms with Crippen LogP contribution in [-0.2, 0) is 19.1 Å². The Labute approximate surface area is 125 Å². The number of ether oxygens (including phenoxy) is 2. The topological polar surface area (TPSA) is 52.6 Å². The highest BCUT2D eigenvalue weighted by molar-refractivity contribution is 9.10. The van der Waals surface area contributed by atoms with Crippen molar-refractivity contribution in [2.45, 2.75) is 49.2 Å². The summed E-state index contributed by atoms with van der Waals surface area (Å²) in [6.07, 6.45) is 2.66. The first-order valence-corrected chi connectivity index (χ1v) is 7.97. The van der Waals surface area contributed by atoms with Crippen molar-refractivity contribution in [3.8, 4) is 0 Å². The van der Waals surface area contributed by atoms with Crippen LogP contribution in [0.5, 0.6) is 0 Å². The Morgan fingerprint density at radius 1 is 0.889 bits per heavy atom. The van der Waals surface area contributed by atoms with Gasteiger partial charge in [-0.05, 0) is 25.7 Å². The maximum atomic E-state index is 11.5. The predicted octanol–water partition coefficient (Wildman–Crippen LogP) is 3.20. The largest absolute Gasteiger partial charge is 0.465 e. The molecule has 0 aromatic heterocycles. The van der Waals surface area contributed by atoms with Crippen LogP contribution < -0.4 is 0 Å². The monoisotopic (exact) mass is 386 g/mol. The SMILES string of the molecule is CCCOC(=O)C(Br)CCC(Br)C(=O)OCCC. The van der Waals surface area contributed by atoms with Gasteiger partial charge in [0.15, 0.2) is 0 Å². The number of carbonyl (C=O) groups excluding carboxylic acids is 2. The predicted molar refractivity (Wildman–Crippen MR) is 77.2 cm³/mol. The van der Waals surface area contributed by atoms with E-state index >= 15 is 0 Å². The average molecular weight is 388 g/mol. The molecule has 106 valence electrons. The molecule has 0 aliphatic carbocycles. The van der Waals surface area contributed by atoms with Crippen LogP contribution in [0.2, 0.25) is 0 Å². The van der Waals surface area contributed by atoms with E-state index in [1.54, 1.807) is 0 Å². The Morgan fingerprint density at radius 3 is 1.50 bits per heavy atom. The Kier molecular flexibility index (Phi) is 10.7. The van der Waals surface area contributed by atoms with Gasteiger partial charge in [0.05, 0.1) is 13.2 Å². The summed E-state index contributed by atoms with van der Waals surface area (Å²) in [5.41, 5.74) is 0. The molecular weight excluding hydrogens is 368 g/mol. The summed E-state index contributed by atoms with van der Waals surface area (Å²) in [5, 5.41) is 0. The number of alkyl halides is 2. The number of rotatable bonds is 9. The minimum absolute atomic E-state index is 0.279. The summed E-state index contributed by atoms with van der Waals surface area (Å²) in [7, 11) is 0. The average Bonchev–Trinajstić information content (AvgIpc) is 2.38. The van der Waals surface area contributed by atoms with Gasteiger partial charge in [0.1, 0.15) is 9.65 Å². The molecule has 6 heteroatoms. The minimum atomic E-state index is -0.372. The zero-order valence-corrected chi connectivity index (χ0v) is 14.0. The second-order valence-electron chi connectivity index (χ2n) is 3.85. The molecule has 4 nitrogen and oxygen atoms in total. The van der Waals surface area contributed by atoms with Crippen molar-refractivity contribution in [2.75, 3.05) is 13.2 Å². The fourth-order valence-corrected chi connectivity index (χ4v) is 1.91. The van der Waals surface area contributed by atoms with Crippen LogP contribution in [0.1, 0.15) is 39.5 Å². The molecule has 2 atom stereocenters. The van der Waals surface area contributed by atoms with E-state index in [1.165, 1.54) is 0 Å². The molecule has 0 aromatic carbocycles. The summed E-state index contributed by atoms with van der Waals surface area (Å²) < 4.78 is 9.99. The van der Waals surface area contributed by atoms with E-state index in [9.17, 15) is 9.59 Å². The lowest BCUT2D eigenvalue weighted by Gasteiger charge is -2.12. The van der Waals surface area contributed by atoms with Crippen LogP contribution in [0.4, 0.5) is 0 Å². The zero-order chi connectivity index (χ0) is 14.0. The summed E-state index contributed by atoms with van der Waals surface area (Å²) in [6, 6.07) is 0. The van der Waals surface area contributed by atoms with Crippen molar-refractivity contribution in [3.63, 3.8) is 0 Å². The number of halogens is 2. The van der Waals surface area contributed by atoms with Gasteiger partial charge in [-0.2, -0.15) is 0 Å². The molecule has 0 saturated heterocycles. The van der Waals surface area contributed by atoms with Crippen molar-refractivity contribution in [1.82, 2.24) is 0 Å². The molecule has 0 bridgehead atoms. The van der Waals surface area contributed by atoms with E-state index in [4.69, 9.17) is 9.47 Å². The fraction of sp³-hybridized carbons (Fsp3) is 0.833. The van der Waals surface area contributed by atoms with Crippen LogP contribution in [0.25, 0.3) is 0 Å². The molecular formula is C12H20Br2O4. The first-order chi connectivity index (χ1) is 8.52. The highest BCUT2D eigenvalue weighted by Gasteiger charge is 2.21. The third-order valence-electron chi connectivity index (χ3n) is 2.08. The summed E-state index contributed by atoms with van der Waals surface area (Å²) in [4.78, 5) is 22.2. The maximum Gasteiger partial charge on any atom is 0.319 e.